The molecule has 5 nitrogen and oxygen atoms in total. The SMILES string of the molecule is CC(=O)c1cccc(NC(=O)COc2cccc3cccnc23)c1. The van der Waals surface area contributed by atoms with Crippen LogP contribution in [0.15, 0.2) is 60.8 Å². The largest absolute Gasteiger partial charge is 0.481 e. The molecule has 0 fully saturated rings. The Balaban J connectivity index is 1.67. The maximum absolute atomic E-state index is 12.1. The second-order valence-corrected chi connectivity index (χ2v) is 5.31. The molecular formula is C19H16N2O3. The number of carbonyl (C=O) groups excluding carboxylic acids is 2. The van der Waals surface area contributed by atoms with Gasteiger partial charge in [-0.15, -0.1) is 0 Å². The number of hydrogen-bond acceptors (Lipinski definition) is 4. The van der Waals surface area contributed by atoms with E-state index in [1.807, 2.05) is 24.3 Å². The lowest BCUT2D eigenvalue weighted by atomic mass is 10.1. The van der Waals surface area contributed by atoms with Crippen molar-refractivity contribution in [3.8, 4) is 5.75 Å². The lowest BCUT2D eigenvalue weighted by Gasteiger charge is -2.09. The minimum Gasteiger partial charge on any atom is -0.481 e. The monoisotopic (exact) mass is 320 g/mol. The average Bonchev–Trinajstić information content (AvgIpc) is 2.60. The number of carbonyl (C=O) groups is 2. The van der Waals surface area contributed by atoms with Crippen molar-refractivity contribution in [2.45, 2.75) is 6.92 Å². The number of nitrogens with one attached hydrogen (secondary N) is 1. The van der Waals surface area contributed by atoms with E-state index in [1.54, 1.807) is 36.5 Å². The molecule has 1 aromatic heterocycles. The van der Waals surface area contributed by atoms with Gasteiger partial charge in [-0.25, -0.2) is 0 Å². The van der Waals surface area contributed by atoms with Crippen LogP contribution in [0.3, 0.4) is 0 Å². The summed E-state index contributed by atoms with van der Waals surface area (Å²) in [4.78, 5) is 27.7. The molecule has 0 bridgehead atoms. The first kappa shape index (κ1) is 15.7. The third-order valence-electron chi connectivity index (χ3n) is 3.51. The highest BCUT2D eigenvalue weighted by Crippen LogP contribution is 2.22. The van der Waals surface area contributed by atoms with E-state index in [0.29, 0.717) is 22.5 Å². The fourth-order valence-corrected chi connectivity index (χ4v) is 2.35. The van der Waals surface area contributed by atoms with Crippen molar-refractivity contribution >= 4 is 28.3 Å². The molecule has 0 aliphatic carbocycles. The van der Waals surface area contributed by atoms with Crippen LogP contribution in [0.25, 0.3) is 10.9 Å². The first-order valence-corrected chi connectivity index (χ1v) is 7.51. The van der Waals surface area contributed by atoms with E-state index in [-0.39, 0.29) is 18.3 Å². The predicted octanol–water partition coefficient (Wildman–Crippen LogP) is 3.45. The third kappa shape index (κ3) is 3.57. The number of Topliss-reactive ketones (excluding diaryl/α,β-unsaturated/α-hetero) is 1. The van der Waals surface area contributed by atoms with Gasteiger partial charge in [0.2, 0.25) is 0 Å². The van der Waals surface area contributed by atoms with Crippen LogP contribution in [0.1, 0.15) is 17.3 Å². The van der Waals surface area contributed by atoms with Gasteiger partial charge in [-0.2, -0.15) is 0 Å². The molecule has 0 radical (unpaired) electrons. The molecule has 1 amide bonds. The van der Waals surface area contributed by atoms with E-state index in [9.17, 15) is 9.59 Å². The smallest absolute Gasteiger partial charge is 0.262 e. The van der Waals surface area contributed by atoms with Crippen molar-refractivity contribution in [1.29, 1.82) is 0 Å². The van der Waals surface area contributed by atoms with Crippen LogP contribution in [-0.4, -0.2) is 23.3 Å². The molecule has 0 saturated carbocycles. The topological polar surface area (TPSA) is 68.3 Å². The van der Waals surface area contributed by atoms with Crippen LogP contribution in [0.4, 0.5) is 5.69 Å². The normalized spacial score (nSPS) is 10.4. The molecule has 24 heavy (non-hydrogen) atoms. The summed E-state index contributed by atoms with van der Waals surface area (Å²) in [5.41, 5.74) is 1.82. The van der Waals surface area contributed by atoms with Gasteiger partial charge in [0.25, 0.3) is 5.91 Å². The standard InChI is InChI=1S/C19H16N2O3/c1-13(22)15-6-2-8-16(11-15)21-18(23)12-24-17-9-3-5-14-7-4-10-20-19(14)17/h2-11H,12H2,1H3,(H,21,23). The van der Waals surface area contributed by atoms with Crippen LogP contribution in [0.2, 0.25) is 0 Å². The highest BCUT2D eigenvalue weighted by molar-refractivity contribution is 5.97. The van der Waals surface area contributed by atoms with E-state index in [2.05, 4.69) is 10.3 Å². The number of hydrogen-bond donors (Lipinski definition) is 1. The zero-order valence-corrected chi connectivity index (χ0v) is 13.2. The van der Waals surface area contributed by atoms with Crippen LogP contribution in [-0.2, 0) is 4.79 Å². The average molecular weight is 320 g/mol. The Morgan fingerprint density at radius 3 is 2.71 bits per heavy atom. The number of para-hydroxylation sites is 1. The number of amides is 1. The Labute approximate surface area is 139 Å². The van der Waals surface area contributed by atoms with Gasteiger partial charge < -0.3 is 10.1 Å². The minimum absolute atomic E-state index is 0.0517. The quantitative estimate of drug-likeness (QED) is 0.731. The molecule has 3 aromatic rings. The van der Waals surface area contributed by atoms with Crippen LogP contribution in [0.5, 0.6) is 5.75 Å². The molecule has 0 aliphatic rings. The van der Waals surface area contributed by atoms with Gasteiger partial charge in [-0.05, 0) is 31.2 Å². The summed E-state index contributed by atoms with van der Waals surface area (Å²) in [6, 6.07) is 16.1. The number of ether oxygens (including phenoxy) is 1. The fraction of sp³-hybridized carbons (Fsp3) is 0.105. The van der Waals surface area contributed by atoms with Gasteiger partial charge >= 0.3 is 0 Å². The Kier molecular flexibility index (Phi) is 4.52. The molecule has 0 spiro atoms. The number of benzene rings is 2. The Hall–Kier alpha value is -3.21. The van der Waals surface area contributed by atoms with Crippen molar-refractivity contribution in [3.63, 3.8) is 0 Å². The molecule has 2 aromatic carbocycles. The first-order valence-electron chi connectivity index (χ1n) is 7.51. The summed E-state index contributed by atoms with van der Waals surface area (Å²) in [7, 11) is 0. The number of pyridine rings is 1. The second kappa shape index (κ2) is 6.91. The summed E-state index contributed by atoms with van der Waals surface area (Å²) in [5.74, 6) is 0.202. The molecule has 5 heteroatoms. The second-order valence-electron chi connectivity index (χ2n) is 5.31. The van der Waals surface area contributed by atoms with E-state index >= 15 is 0 Å². The van der Waals surface area contributed by atoms with Crippen LogP contribution >= 0.6 is 0 Å². The van der Waals surface area contributed by atoms with Crippen LogP contribution < -0.4 is 10.1 Å². The molecular weight excluding hydrogens is 304 g/mol. The summed E-state index contributed by atoms with van der Waals surface area (Å²) in [6.45, 7) is 1.34. The Morgan fingerprint density at radius 2 is 1.88 bits per heavy atom. The molecule has 0 saturated heterocycles. The Morgan fingerprint density at radius 1 is 1.08 bits per heavy atom. The zero-order valence-electron chi connectivity index (χ0n) is 13.2. The highest BCUT2D eigenvalue weighted by Gasteiger charge is 2.08. The van der Waals surface area contributed by atoms with E-state index < -0.39 is 0 Å². The zero-order chi connectivity index (χ0) is 16.9. The highest BCUT2D eigenvalue weighted by atomic mass is 16.5. The lowest BCUT2D eigenvalue weighted by Crippen LogP contribution is -2.20. The van der Waals surface area contributed by atoms with E-state index in [4.69, 9.17) is 4.74 Å². The molecule has 3 rings (SSSR count). The number of ketones is 1. The summed E-state index contributed by atoms with van der Waals surface area (Å²) in [5, 5.41) is 3.67. The number of nitrogens with zero attached hydrogens (tertiary/aromatic N) is 1. The molecule has 0 atom stereocenters. The minimum atomic E-state index is -0.302. The number of fused-ring (bicyclic) bond motifs is 1. The fourth-order valence-electron chi connectivity index (χ4n) is 2.35. The van der Waals surface area contributed by atoms with Gasteiger partial charge in [-0.1, -0.05) is 30.3 Å². The molecule has 1 heterocycles. The summed E-state index contributed by atoms with van der Waals surface area (Å²) < 4.78 is 5.59. The summed E-state index contributed by atoms with van der Waals surface area (Å²) >= 11 is 0. The van der Waals surface area contributed by atoms with Crippen molar-refractivity contribution < 1.29 is 14.3 Å². The number of anilines is 1. The van der Waals surface area contributed by atoms with Gasteiger partial charge in [-0.3, -0.25) is 14.6 Å². The Bertz CT molecular complexity index is 901. The first-order chi connectivity index (χ1) is 11.6. The molecule has 120 valence electrons. The van der Waals surface area contributed by atoms with Gasteiger partial charge in [0.05, 0.1) is 0 Å². The van der Waals surface area contributed by atoms with Gasteiger partial charge in [0.1, 0.15) is 11.3 Å². The lowest BCUT2D eigenvalue weighted by molar-refractivity contribution is -0.118. The van der Waals surface area contributed by atoms with Crippen molar-refractivity contribution in [1.82, 2.24) is 4.98 Å². The third-order valence-corrected chi connectivity index (χ3v) is 3.51. The number of rotatable bonds is 5. The summed E-state index contributed by atoms with van der Waals surface area (Å²) in [6.07, 6.45) is 1.68. The van der Waals surface area contributed by atoms with Gasteiger partial charge in [0, 0.05) is 22.8 Å². The van der Waals surface area contributed by atoms with E-state index in [1.165, 1.54) is 6.92 Å². The number of aromatic nitrogens is 1. The van der Waals surface area contributed by atoms with Gasteiger partial charge in [0.15, 0.2) is 12.4 Å². The maximum atomic E-state index is 12.1. The van der Waals surface area contributed by atoms with E-state index in [0.717, 1.165) is 5.39 Å². The predicted molar refractivity (Wildman–Crippen MR) is 92.3 cm³/mol. The van der Waals surface area contributed by atoms with Crippen molar-refractivity contribution in [3.05, 3.63) is 66.4 Å². The molecule has 1 N–H and O–H groups in total. The molecule has 0 aliphatic heterocycles. The molecule has 0 unspecified atom stereocenters. The van der Waals surface area contributed by atoms with Crippen molar-refractivity contribution in [2.75, 3.05) is 11.9 Å². The maximum Gasteiger partial charge on any atom is 0.262 e. The van der Waals surface area contributed by atoms with Crippen LogP contribution in [0, 0.1) is 0 Å². The van der Waals surface area contributed by atoms with Crippen molar-refractivity contribution in [2.24, 2.45) is 0 Å².